The number of carbonyl (C=O) groups excluding carboxylic acids is 1. The molecule has 0 saturated heterocycles. The van der Waals surface area contributed by atoms with Crippen LogP contribution in [-0.4, -0.2) is 42.1 Å². The van der Waals surface area contributed by atoms with E-state index in [1.165, 1.54) is 0 Å². The minimum Gasteiger partial charge on any atom is -0.379 e. The van der Waals surface area contributed by atoms with Crippen LogP contribution in [0.1, 0.15) is 19.8 Å². The third-order valence-corrected chi connectivity index (χ3v) is 3.46. The molecule has 130 valence electrons. The molecule has 6 heteroatoms. The Labute approximate surface area is 142 Å². The van der Waals surface area contributed by atoms with Crippen molar-refractivity contribution in [3.8, 4) is 11.3 Å². The van der Waals surface area contributed by atoms with Gasteiger partial charge < -0.3 is 14.8 Å². The number of hydrogen-bond donors (Lipinski definition) is 1. The van der Waals surface area contributed by atoms with E-state index in [1.54, 1.807) is 11.7 Å². The maximum absolute atomic E-state index is 11.9. The molecule has 1 aromatic heterocycles. The van der Waals surface area contributed by atoms with Crippen LogP contribution in [0.2, 0.25) is 0 Å². The normalized spacial score (nSPS) is 10.8. The first-order valence-electron chi connectivity index (χ1n) is 8.25. The number of amides is 1. The number of unbranched alkanes of at least 4 members (excludes halogenated alkanes) is 1. The Morgan fingerprint density at radius 3 is 2.67 bits per heavy atom. The Balaban J connectivity index is 1.75. The van der Waals surface area contributed by atoms with Gasteiger partial charge in [-0.05, 0) is 6.42 Å². The number of ether oxygens (including phenoxy) is 2. The van der Waals surface area contributed by atoms with Crippen LogP contribution in [0.4, 0.5) is 5.82 Å². The SMILES string of the molecule is CCCCOCCOCC(=O)Nc1cc(-c2ccccc2)nn1C. The van der Waals surface area contributed by atoms with Gasteiger partial charge in [0.2, 0.25) is 0 Å². The quantitative estimate of drug-likeness (QED) is 0.680. The number of carbonyl (C=O) groups is 1. The van der Waals surface area contributed by atoms with Crippen molar-refractivity contribution < 1.29 is 14.3 Å². The number of anilines is 1. The Hall–Kier alpha value is -2.18. The van der Waals surface area contributed by atoms with E-state index in [2.05, 4.69) is 17.3 Å². The molecule has 0 aliphatic carbocycles. The van der Waals surface area contributed by atoms with Gasteiger partial charge in [-0.3, -0.25) is 9.48 Å². The van der Waals surface area contributed by atoms with Gasteiger partial charge in [0.15, 0.2) is 0 Å². The van der Waals surface area contributed by atoms with Crippen LogP contribution >= 0.6 is 0 Å². The molecule has 0 aliphatic heterocycles. The molecule has 0 saturated carbocycles. The van der Waals surface area contributed by atoms with Crippen LogP contribution < -0.4 is 5.32 Å². The summed E-state index contributed by atoms with van der Waals surface area (Å²) in [6.07, 6.45) is 2.16. The summed E-state index contributed by atoms with van der Waals surface area (Å²) in [5.74, 6) is 0.438. The van der Waals surface area contributed by atoms with E-state index >= 15 is 0 Å². The van der Waals surface area contributed by atoms with E-state index in [1.807, 2.05) is 36.4 Å². The predicted molar refractivity (Wildman–Crippen MR) is 93.8 cm³/mol. The van der Waals surface area contributed by atoms with Crippen LogP contribution in [0.15, 0.2) is 36.4 Å². The van der Waals surface area contributed by atoms with Crippen LogP contribution in [0.3, 0.4) is 0 Å². The highest BCUT2D eigenvalue weighted by Gasteiger charge is 2.10. The van der Waals surface area contributed by atoms with Gasteiger partial charge in [0.1, 0.15) is 12.4 Å². The number of nitrogens with zero attached hydrogens (tertiary/aromatic N) is 2. The maximum Gasteiger partial charge on any atom is 0.251 e. The lowest BCUT2D eigenvalue weighted by Gasteiger charge is -2.06. The summed E-state index contributed by atoms with van der Waals surface area (Å²) in [5.41, 5.74) is 1.83. The molecule has 1 amide bonds. The average molecular weight is 331 g/mol. The Kier molecular flexibility index (Phi) is 7.45. The largest absolute Gasteiger partial charge is 0.379 e. The van der Waals surface area contributed by atoms with E-state index in [9.17, 15) is 4.79 Å². The lowest BCUT2D eigenvalue weighted by Crippen LogP contribution is -2.21. The van der Waals surface area contributed by atoms with Gasteiger partial charge in [-0.2, -0.15) is 5.10 Å². The maximum atomic E-state index is 11.9. The molecule has 0 unspecified atom stereocenters. The summed E-state index contributed by atoms with van der Waals surface area (Å²) < 4.78 is 12.3. The van der Waals surface area contributed by atoms with Gasteiger partial charge in [0, 0.05) is 25.3 Å². The third-order valence-electron chi connectivity index (χ3n) is 3.46. The lowest BCUT2D eigenvalue weighted by molar-refractivity contribution is -0.121. The fraction of sp³-hybridized carbons (Fsp3) is 0.444. The molecule has 0 fully saturated rings. The Morgan fingerprint density at radius 2 is 1.92 bits per heavy atom. The predicted octanol–water partition coefficient (Wildman–Crippen LogP) is 2.86. The lowest BCUT2D eigenvalue weighted by atomic mass is 10.2. The molecule has 2 rings (SSSR count). The summed E-state index contributed by atoms with van der Waals surface area (Å²) in [6, 6.07) is 11.7. The van der Waals surface area contributed by atoms with Gasteiger partial charge in [-0.15, -0.1) is 0 Å². The van der Waals surface area contributed by atoms with E-state index in [0.717, 1.165) is 30.7 Å². The first-order valence-corrected chi connectivity index (χ1v) is 8.25. The first-order chi connectivity index (χ1) is 11.7. The molecule has 0 atom stereocenters. The van der Waals surface area contributed by atoms with Gasteiger partial charge in [0.05, 0.1) is 18.9 Å². The number of benzene rings is 1. The zero-order valence-corrected chi connectivity index (χ0v) is 14.3. The Bertz CT molecular complexity index is 626. The fourth-order valence-electron chi connectivity index (χ4n) is 2.14. The first kappa shape index (κ1) is 18.2. The van der Waals surface area contributed by atoms with Crippen LogP contribution in [0.5, 0.6) is 0 Å². The highest BCUT2D eigenvalue weighted by atomic mass is 16.5. The van der Waals surface area contributed by atoms with Crippen molar-refractivity contribution in [3.05, 3.63) is 36.4 Å². The summed E-state index contributed by atoms with van der Waals surface area (Å²) >= 11 is 0. The molecule has 0 radical (unpaired) electrons. The molecule has 24 heavy (non-hydrogen) atoms. The summed E-state index contributed by atoms with van der Waals surface area (Å²) in [4.78, 5) is 11.9. The van der Waals surface area contributed by atoms with Gasteiger partial charge in [-0.25, -0.2) is 0 Å². The third kappa shape index (κ3) is 5.79. The second kappa shape index (κ2) is 9.85. The van der Waals surface area contributed by atoms with Crippen molar-refractivity contribution in [2.24, 2.45) is 7.05 Å². The fourth-order valence-corrected chi connectivity index (χ4v) is 2.14. The van der Waals surface area contributed by atoms with Crippen molar-refractivity contribution in [3.63, 3.8) is 0 Å². The zero-order valence-electron chi connectivity index (χ0n) is 14.3. The number of nitrogens with one attached hydrogen (secondary N) is 1. The molecule has 0 aliphatic rings. The second-order valence-corrected chi connectivity index (χ2v) is 5.47. The van der Waals surface area contributed by atoms with Crippen LogP contribution in [0, 0.1) is 0 Å². The molecular formula is C18H25N3O3. The number of aromatic nitrogens is 2. The summed E-state index contributed by atoms with van der Waals surface area (Å²) in [7, 11) is 1.80. The molecule has 1 heterocycles. The highest BCUT2D eigenvalue weighted by molar-refractivity contribution is 5.91. The number of hydrogen-bond acceptors (Lipinski definition) is 4. The van der Waals surface area contributed by atoms with Crippen molar-refractivity contribution >= 4 is 11.7 Å². The monoisotopic (exact) mass is 331 g/mol. The molecule has 1 N–H and O–H groups in total. The second-order valence-electron chi connectivity index (χ2n) is 5.47. The van der Waals surface area contributed by atoms with E-state index < -0.39 is 0 Å². The smallest absolute Gasteiger partial charge is 0.251 e. The van der Waals surface area contributed by atoms with Crippen LogP contribution in [-0.2, 0) is 21.3 Å². The highest BCUT2D eigenvalue weighted by Crippen LogP contribution is 2.20. The molecule has 0 bridgehead atoms. The van der Waals surface area contributed by atoms with Gasteiger partial charge in [0.25, 0.3) is 5.91 Å². The minimum absolute atomic E-state index is 0.00296. The summed E-state index contributed by atoms with van der Waals surface area (Å²) in [5, 5.41) is 7.22. The van der Waals surface area contributed by atoms with Crippen molar-refractivity contribution in [1.29, 1.82) is 0 Å². The topological polar surface area (TPSA) is 65.4 Å². The van der Waals surface area contributed by atoms with Gasteiger partial charge >= 0.3 is 0 Å². The molecular weight excluding hydrogens is 306 g/mol. The zero-order chi connectivity index (χ0) is 17.2. The summed E-state index contributed by atoms with van der Waals surface area (Å²) in [6.45, 7) is 3.78. The van der Waals surface area contributed by atoms with E-state index in [0.29, 0.717) is 19.0 Å². The minimum atomic E-state index is -0.203. The molecule has 1 aromatic carbocycles. The molecule has 0 spiro atoms. The molecule has 2 aromatic rings. The van der Waals surface area contributed by atoms with Gasteiger partial charge in [-0.1, -0.05) is 43.7 Å². The average Bonchev–Trinajstić information content (AvgIpc) is 2.95. The number of rotatable bonds is 10. The van der Waals surface area contributed by atoms with Crippen molar-refractivity contribution in [2.45, 2.75) is 19.8 Å². The standard InChI is InChI=1S/C18H25N3O3/c1-3-4-10-23-11-12-24-14-18(22)19-17-13-16(20-21(17)2)15-8-6-5-7-9-15/h5-9,13H,3-4,10-12,14H2,1-2H3,(H,19,22). The van der Waals surface area contributed by atoms with E-state index in [4.69, 9.17) is 9.47 Å². The van der Waals surface area contributed by atoms with Crippen molar-refractivity contribution in [2.75, 3.05) is 31.7 Å². The van der Waals surface area contributed by atoms with Crippen molar-refractivity contribution in [1.82, 2.24) is 9.78 Å². The Morgan fingerprint density at radius 1 is 1.17 bits per heavy atom. The van der Waals surface area contributed by atoms with Crippen LogP contribution in [0.25, 0.3) is 11.3 Å². The molecule has 6 nitrogen and oxygen atoms in total. The van der Waals surface area contributed by atoms with E-state index in [-0.39, 0.29) is 12.5 Å². The number of aryl methyl sites for hydroxylation is 1.